The van der Waals surface area contributed by atoms with Gasteiger partial charge in [0.1, 0.15) is 0 Å². The molecule has 22 heavy (non-hydrogen) atoms. The van der Waals surface area contributed by atoms with E-state index in [-0.39, 0.29) is 18.5 Å². The number of carbonyl (C=O) groups excluding carboxylic acids is 1. The number of nitrogens with zero attached hydrogens (tertiary/aromatic N) is 1. The van der Waals surface area contributed by atoms with Crippen LogP contribution in [0.5, 0.6) is 0 Å². The molecule has 0 radical (unpaired) electrons. The van der Waals surface area contributed by atoms with E-state index >= 15 is 0 Å². The molecule has 6 heteroatoms. The van der Waals surface area contributed by atoms with E-state index in [1.165, 1.54) is 9.60 Å². The molecule has 3 N–H and O–H groups in total. The fraction of sp³-hybridized carbons (Fsp3) is 0.375. The SMILES string of the molecule is CC1(c2ccc3sccc3c2)CC(=O)N(CCCO)C(=N)N1. The van der Waals surface area contributed by atoms with E-state index in [0.29, 0.717) is 19.4 Å². The molecule has 1 aromatic carbocycles. The minimum absolute atomic E-state index is 0.0170. The van der Waals surface area contributed by atoms with Crippen molar-refractivity contribution in [2.24, 2.45) is 0 Å². The van der Waals surface area contributed by atoms with Crippen LogP contribution in [0.3, 0.4) is 0 Å². The average Bonchev–Trinajstić information content (AvgIpc) is 2.93. The Hall–Kier alpha value is -1.92. The summed E-state index contributed by atoms with van der Waals surface area (Å²) in [6.07, 6.45) is 0.782. The van der Waals surface area contributed by atoms with Crippen LogP contribution in [0.2, 0.25) is 0 Å². The second-order valence-electron chi connectivity index (χ2n) is 5.78. The van der Waals surface area contributed by atoms with Crippen LogP contribution in [-0.4, -0.2) is 35.0 Å². The average molecular weight is 317 g/mol. The van der Waals surface area contributed by atoms with Crippen LogP contribution < -0.4 is 5.32 Å². The summed E-state index contributed by atoms with van der Waals surface area (Å²) in [6, 6.07) is 8.24. The molecule has 0 spiro atoms. The van der Waals surface area contributed by atoms with Gasteiger partial charge < -0.3 is 10.4 Å². The molecule has 2 aromatic rings. The van der Waals surface area contributed by atoms with Gasteiger partial charge in [-0.2, -0.15) is 0 Å². The van der Waals surface area contributed by atoms with Crippen molar-refractivity contribution in [1.29, 1.82) is 5.41 Å². The van der Waals surface area contributed by atoms with Gasteiger partial charge in [0.25, 0.3) is 0 Å². The summed E-state index contributed by atoms with van der Waals surface area (Å²) in [5, 5.41) is 23.4. The number of amides is 1. The molecule has 1 aliphatic heterocycles. The standard InChI is InChI=1S/C16H19N3O2S/c1-16(12-3-4-13-11(9-12)5-8-22-13)10-14(21)19(6-2-7-20)15(17)18-16/h3-5,8-9,20H,2,6-7,10H2,1H3,(H2,17,18). The van der Waals surface area contributed by atoms with Crippen molar-refractivity contribution in [3.8, 4) is 0 Å². The Balaban J connectivity index is 1.87. The zero-order valence-electron chi connectivity index (χ0n) is 12.4. The number of rotatable bonds is 4. The highest BCUT2D eigenvalue weighted by Crippen LogP contribution is 2.32. The number of fused-ring (bicyclic) bond motifs is 1. The zero-order chi connectivity index (χ0) is 15.7. The molecular formula is C16H19N3O2S. The number of carbonyl (C=O) groups is 1. The Bertz CT molecular complexity index is 707. The predicted molar refractivity (Wildman–Crippen MR) is 88.1 cm³/mol. The van der Waals surface area contributed by atoms with Gasteiger partial charge in [-0.1, -0.05) is 6.07 Å². The number of hydrogen-bond donors (Lipinski definition) is 3. The number of aliphatic hydroxyl groups is 1. The monoisotopic (exact) mass is 317 g/mol. The van der Waals surface area contributed by atoms with Gasteiger partial charge >= 0.3 is 0 Å². The number of thiophene rings is 1. The molecule has 116 valence electrons. The van der Waals surface area contributed by atoms with Gasteiger partial charge in [0, 0.05) is 17.9 Å². The van der Waals surface area contributed by atoms with Gasteiger partial charge in [-0.25, -0.2) is 0 Å². The number of aliphatic hydroxyl groups excluding tert-OH is 1. The molecule has 1 atom stereocenters. The minimum Gasteiger partial charge on any atom is -0.396 e. The van der Waals surface area contributed by atoms with Gasteiger partial charge in [-0.05, 0) is 47.9 Å². The van der Waals surface area contributed by atoms with Crippen LogP contribution in [0, 0.1) is 5.41 Å². The van der Waals surface area contributed by atoms with Crippen molar-refractivity contribution in [2.45, 2.75) is 25.3 Å². The normalized spacial score (nSPS) is 22.2. The van der Waals surface area contributed by atoms with E-state index < -0.39 is 5.54 Å². The van der Waals surface area contributed by atoms with E-state index in [4.69, 9.17) is 10.5 Å². The minimum atomic E-state index is -0.569. The molecule has 1 aliphatic rings. The molecule has 0 bridgehead atoms. The second kappa shape index (κ2) is 5.70. The summed E-state index contributed by atoms with van der Waals surface area (Å²) in [4.78, 5) is 13.8. The van der Waals surface area contributed by atoms with Crippen LogP contribution >= 0.6 is 11.3 Å². The Morgan fingerprint density at radius 3 is 3.00 bits per heavy atom. The molecule has 0 aliphatic carbocycles. The molecule has 3 rings (SSSR count). The molecule has 1 saturated heterocycles. The van der Waals surface area contributed by atoms with Crippen LogP contribution in [0.15, 0.2) is 29.6 Å². The van der Waals surface area contributed by atoms with E-state index in [1.807, 2.05) is 13.0 Å². The first-order chi connectivity index (χ1) is 10.5. The van der Waals surface area contributed by atoms with Crippen molar-refractivity contribution in [3.05, 3.63) is 35.2 Å². The van der Waals surface area contributed by atoms with E-state index in [0.717, 1.165) is 10.9 Å². The number of benzene rings is 1. The maximum absolute atomic E-state index is 12.4. The van der Waals surface area contributed by atoms with Crippen molar-refractivity contribution in [2.75, 3.05) is 13.2 Å². The first-order valence-corrected chi connectivity index (χ1v) is 8.17. The number of nitrogens with one attached hydrogen (secondary N) is 2. The van der Waals surface area contributed by atoms with Gasteiger partial charge in [0.2, 0.25) is 5.91 Å². The van der Waals surface area contributed by atoms with Crippen LogP contribution in [0.25, 0.3) is 10.1 Å². The lowest BCUT2D eigenvalue weighted by Gasteiger charge is -2.41. The van der Waals surface area contributed by atoms with E-state index in [9.17, 15) is 4.79 Å². The maximum Gasteiger partial charge on any atom is 0.231 e. The molecular weight excluding hydrogens is 298 g/mol. The number of guanidine groups is 1. The quantitative estimate of drug-likeness (QED) is 0.809. The summed E-state index contributed by atoms with van der Waals surface area (Å²) in [7, 11) is 0. The van der Waals surface area contributed by atoms with Crippen molar-refractivity contribution < 1.29 is 9.90 Å². The van der Waals surface area contributed by atoms with Crippen molar-refractivity contribution >= 4 is 33.3 Å². The first-order valence-electron chi connectivity index (χ1n) is 7.29. The molecule has 0 saturated carbocycles. The zero-order valence-corrected chi connectivity index (χ0v) is 13.2. The highest BCUT2D eigenvalue weighted by molar-refractivity contribution is 7.17. The summed E-state index contributed by atoms with van der Waals surface area (Å²) >= 11 is 1.69. The Morgan fingerprint density at radius 1 is 1.45 bits per heavy atom. The second-order valence-corrected chi connectivity index (χ2v) is 6.73. The number of hydrogen-bond acceptors (Lipinski definition) is 4. The topological polar surface area (TPSA) is 76.4 Å². The van der Waals surface area contributed by atoms with Crippen LogP contribution in [0.4, 0.5) is 0 Å². The fourth-order valence-corrected chi connectivity index (χ4v) is 3.62. The summed E-state index contributed by atoms with van der Waals surface area (Å²) in [5.41, 5.74) is 0.443. The molecule has 1 amide bonds. The maximum atomic E-state index is 12.4. The molecule has 1 fully saturated rings. The third kappa shape index (κ3) is 2.60. The third-order valence-corrected chi connectivity index (χ3v) is 5.00. The summed E-state index contributed by atoms with van der Waals surface area (Å²) < 4.78 is 1.22. The van der Waals surface area contributed by atoms with E-state index in [2.05, 4.69) is 28.9 Å². The van der Waals surface area contributed by atoms with Gasteiger partial charge in [0.15, 0.2) is 5.96 Å². The molecule has 2 heterocycles. The van der Waals surface area contributed by atoms with Gasteiger partial charge in [0.05, 0.1) is 12.0 Å². The molecule has 1 unspecified atom stereocenters. The first kappa shape index (κ1) is 15.0. The highest BCUT2D eigenvalue weighted by atomic mass is 32.1. The van der Waals surface area contributed by atoms with Crippen LogP contribution in [-0.2, 0) is 10.3 Å². The lowest BCUT2D eigenvalue weighted by atomic mass is 9.86. The molecule has 5 nitrogen and oxygen atoms in total. The Morgan fingerprint density at radius 2 is 2.27 bits per heavy atom. The van der Waals surface area contributed by atoms with Crippen LogP contribution in [0.1, 0.15) is 25.3 Å². The third-order valence-electron chi connectivity index (χ3n) is 4.10. The largest absolute Gasteiger partial charge is 0.396 e. The smallest absolute Gasteiger partial charge is 0.231 e. The lowest BCUT2D eigenvalue weighted by molar-refractivity contribution is -0.130. The van der Waals surface area contributed by atoms with Gasteiger partial charge in [-0.3, -0.25) is 15.1 Å². The molecule has 1 aromatic heterocycles. The van der Waals surface area contributed by atoms with E-state index in [1.54, 1.807) is 11.3 Å². The van der Waals surface area contributed by atoms with Gasteiger partial charge in [-0.15, -0.1) is 11.3 Å². The van der Waals surface area contributed by atoms with Crippen molar-refractivity contribution in [3.63, 3.8) is 0 Å². The highest BCUT2D eigenvalue weighted by Gasteiger charge is 2.39. The fourth-order valence-electron chi connectivity index (χ4n) is 2.85. The Labute approximate surface area is 133 Å². The van der Waals surface area contributed by atoms with Crippen molar-refractivity contribution in [1.82, 2.24) is 10.2 Å². The Kier molecular flexibility index (Phi) is 3.88. The summed E-state index contributed by atoms with van der Waals surface area (Å²) in [6.45, 7) is 2.35. The predicted octanol–water partition coefficient (Wildman–Crippen LogP) is 2.26. The lowest BCUT2D eigenvalue weighted by Crippen LogP contribution is -2.59. The summed E-state index contributed by atoms with van der Waals surface area (Å²) in [5.74, 6) is 0.0303.